The highest BCUT2D eigenvalue weighted by molar-refractivity contribution is 6.15. The molecule has 1 rings (SSSR count). The first kappa shape index (κ1) is 14.4. The zero-order valence-corrected chi connectivity index (χ0v) is 9.77. The molecule has 0 heterocycles. The SMILES string of the molecule is CCl.COC(=O)C(N=C=O)c1ccccc1. The molecule has 5 heteroatoms. The standard InChI is InChI=1S/C10H9NO3.CH3Cl/c1-14-10(13)9(11-7-12)8-5-3-2-4-6-8;1-2/h2-6,9H,1H3;1H3. The first-order chi connectivity index (χ1) is 7.79. The zero-order chi connectivity index (χ0) is 12.4. The Labute approximate surface area is 98.9 Å². The van der Waals surface area contributed by atoms with Gasteiger partial charge in [-0.05, 0) is 5.56 Å². The molecule has 0 radical (unpaired) electrons. The summed E-state index contributed by atoms with van der Waals surface area (Å²) in [5, 5.41) is 0. The maximum atomic E-state index is 11.2. The summed E-state index contributed by atoms with van der Waals surface area (Å²) in [6, 6.07) is 7.81. The van der Waals surface area contributed by atoms with Crippen molar-refractivity contribution in [2.24, 2.45) is 4.99 Å². The van der Waals surface area contributed by atoms with Gasteiger partial charge >= 0.3 is 5.97 Å². The minimum atomic E-state index is -0.904. The van der Waals surface area contributed by atoms with E-state index in [9.17, 15) is 9.59 Å². The summed E-state index contributed by atoms with van der Waals surface area (Å²) in [5.41, 5.74) is 0.614. The van der Waals surface area contributed by atoms with Crippen LogP contribution in [0.5, 0.6) is 0 Å². The third-order valence-electron chi connectivity index (χ3n) is 1.72. The molecular weight excluding hydrogens is 230 g/mol. The van der Waals surface area contributed by atoms with Gasteiger partial charge in [-0.25, -0.2) is 9.59 Å². The average Bonchev–Trinajstić information content (AvgIpc) is 2.38. The van der Waals surface area contributed by atoms with Gasteiger partial charge in [0.25, 0.3) is 0 Å². The Bertz CT molecular complexity index is 361. The number of isocyanates is 1. The largest absolute Gasteiger partial charge is 0.467 e. The number of methoxy groups -OCH3 is 1. The van der Waals surface area contributed by atoms with E-state index in [1.807, 2.05) is 6.07 Å². The number of hydrogen-bond acceptors (Lipinski definition) is 4. The number of nitrogens with zero attached hydrogens (tertiary/aromatic N) is 1. The minimum Gasteiger partial charge on any atom is -0.467 e. The Morgan fingerprint density at radius 2 is 1.94 bits per heavy atom. The molecule has 0 N–H and O–H groups in total. The number of aliphatic imine (C=N–C) groups is 1. The van der Waals surface area contributed by atoms with Gasteiger partial charge in [-0.15, -0.1) is 11.6 Å². The maximum Gasteiger partial charge on any atom is 0.336 e. The summed E-state index contributed by atoms with van der Waals surface area (Å²) in [5.74, 6) is -0.570. The molecule has 1 aromatic rings. The molecule has 1 atom stereocenters. The van der Waals surface area contributed by atoms with E-state index >= 15 is 0 Å². The number of rotatable bonds is 3. The van der Waals surface area contributed by atoms with E-state index in [0.29, 0.717) is 5.56 Å². The zero-order valence-electron chi connectivity index (χ0n) is 9.01. The molecule has 0 bridgehead atoms. The van der Waals surface area contributed by atoms with E-state index in [0.717, 1.165) is 0 Å². The molecule has 0 aliphatic carbocycles. The van der Waals surface area contributed by atoms with Crippen LogP contribution in [0.1, 0.15) is 11.6 Å². The smallest absolute Gasteiger partial charge is 0.336 e. The second-order valence-electron chi connectivity index (χ2n) is 2.56. The second-order valence-corrected chi connectivity index (χ2v) is 2.56. The third kappa shape index (κ3) is 4.26. The van der Waals surface area contributed by atoms with Crippen LogP contribution >= 0.6 is 11.6 Å². The first-order valence-corrected chi connectivity index (χ1v) is 5.12. The van der Waals surface area contributed by atoms with Crippen LogP contribution in [-0.2, 0) is 14.3 Å². The van der Waals surface area contributed by atoms with E-state index in [4.69, 9.17) is 0 Å². The Balaban J connectivity index is 0.00000106. The lowest BCUT2D eigenvalue weighted by Gasteiger charge is -2.07. The first-order valence-electron chi connectivity index (χ1n) is 4.37. The van der Waals surface area contributed by atoms with Crippen LogP contribution in [-0.4, -0.2) is 25.5 Å². The molecule has 0 aliphatic heterocycles. The maximum absolute atomic E-state index is 11.2. The van der Waals surface area contributed by atoms with Crippen LogP contribution in [0, 0.1) is 0 Å². The fourth-order valence-corrected chi connectivity index (χ4v) is 1.06. The number of ether oxygens (including phenoxy) is 1. The summed E-state index contributed by atoms with van der Waals surface area (Å²) in [6.45, 7) is 0. The fraction of sp³-hybridized carbons (Fsp3) is 0.273. The summed E-state index contributed by atoms with van der Waals surface area (Å²) >= 11 is 4.64. The van der Waals surface area contributed by atoms with Gasteiger partial charge in [0.2, 0.25) is 6.08 Å². The van der Waals surface area contributed by atoms with Crippen LogP contribution in [0.4, 0.5) is 0 Å². The van der Waals surface area contributed by atoms with Crippen molar-refractivity contribution in [1.29, 1.82) is 0 Å². The summed E-state index contributed by atoms with van der Waals surface area (Å²) in [6.07, 6.45) is 2.83. The number of hydrogen-bond donors (Lipinski definition) is 0. The van der Waals surface area contributed by atoms with Gasteiger partial charge in [0, 0.05) is 6.38 Å². The van der Waals surface area contributed by atoms with Gasteiger partial charge < -0.3 is 4.74 Å². The highest BCUT2D eigenvalue weighted by Gasteiger charge is 2.19. The lowest BCUT2D eigenvalue weighted by atomic mass is 10.1. The van der Waals surface area contributed by atoms with Crippen LogP contribution in [0.25, 0.3) is 0 Å². The molecule has 1 unspecified atom stereocenters. The molecular formula is C11H12ClNO3. The molecule has 86 valence electrons. The van der Waals surface area contributed by atoms with Crippen molar-refractivity contribution in [3.63, 3.8) is 0 Å². The fourth-order valence-electron chi connectivity index (χ4n) is 1.06. The van der Waals surface area contributed by atoms with Gasteiger partial charge in [-0.1, -0.05) is 30.3 Å². The molecule has 0 aromatic heterocycles. The minimum absolute atomic E-state index is 0.570. The Hall–Kier alpha value is -1.64. The van der Waals surface area contributed by atoms with E-state index < -0.39 is 12.0 Å². The van der Waals surface area contributed by atoms with Gasteiger partial charge in [0.15, 0.2) is 6.04 Å². The number of alkyl halides is 1. The predicted molar refractivity (Wildman–Crippen MR) is 61.1 cm³/mol. The van der Waals surface area contributed by atoms with E-state index in [2.05, 4.69) is 21.3 Å². The lowest BCUT2D eigenvalue weighted by molar-refractivity contribution is -0.142. The molecule has 16 heavy (non-hydrogen) atoms. The highest BCUT2D eigenvalue weighted by atomic mass is 35.5. The third-order valence-corrected chi connectivity index (χ3v) is 1.72. The van der Waals surface area contributed by atoms with Crippen molar-refractivity contribution >= 4 is 23.7 Å². The van der Waals surface area contributed by atoms with Crippen molar-refractivity contribution < 1.29 is 14.3 Å². The molecule has 0 aliphatic rings. The van der Waals surface area contributed by atoms with Crippen molar-refractivity contribution in [3.8, 4) is 0 Å². The molecule has 0 saturated heterocycles. The number of esters is 1. The summed E-state index contributed by atoms with van der Waals surface area (Å²) in [4.78, 5) is 24.7. The number of carbonyl (C=O) groups excluding carboxylic acids is 2. The van der Waals surface area contributed by atoms with Crippen molar-refractivity contribution in [2.45, 2.75) is 6.04 Å². The van der Waals surface area contributed by atoms with Crippen LogP contribution < -0.4 is 0 Å². The summed E-state index contributed by atoms with van der Waals surface area (Å²) in [7, 11) is 1.25. The van der Waals surface area contributed by atoms with Crippen LogP contribution in [0.3, 0.4) is 0 Å². The number of halogens is 1. The van der Waals surface area contributed by atoms with E-state index in [-0.39, 0.29) is 0 Å². The molecule has 0 fully saturated rings. The normalized spacial score (nSPS) is 10.2. The van der Waals surface area contributed by atoms with Gasteiger partial charge in [0.1, 0.15) is 0 Å². The van der Waals surface area contributed by atoms with Gasteiger partial charge in [-0.3, -0.25) is 0 Å². The molecule has 0 amide bonds. The number of carbonyl (C=O) groups is 1. The monoisotopic (exact) mass is 241 g/mol. The Kier molecular flexibility index (Phi) is 7.76. The molecule has 0 spiro atoms. The van der Waals surface area contributed by atoms with Crippen LogP contribution in [0.15, 0.2) is 35.3 Å². The van der Waals surface area contributed by atoms with E-state index in [1.54, 1.807) is 24.3 Å². The van der Waals surface area contributed by atoms with Crippen molar-refractivity contribution in [3.05, 3.63) is 35.9 Å². The second kappa shape index (κ2) is 8.65. The van der Waals surface area contributed by atoms with Crippen molar-refractivity contribution in [2.75, 3.05) is 13.5 Å². The highest BCUT2D eigenvalue weighted by Crippen LogP contribution is 2.17. The predicted octanol–water partition coefficient (Wildman–Crippen LogP) is 2.09. The molecule has 0 saturated carbocycles. The Morgan fingerprint density at radius 3 is 2.38 bits per heavy atom. The average molecular weight is 242 g/mol. The lowest BCUT2D eigenvalue weighted by Crippen LogP contribution is -2.11. The van der Waals surface area contributed by atoms with Gasteiger partial charge in [-0.2, -0.15) is 4.99 Å². The number of benzene rings is 1. The molecule has 4 nitrogen and oxygen atoms in total. The Morgan fingerprint density at radius 1 is 1.38 bits per heavy atom. The van der Waals surface area contributed by atoms with E-state index in [1.165, 1.54) is 19.6 Å². The molecule has 1 aromatic carbocycles. The quantitative estimate of drug-likeness (QED) is 0.352. The van der Waals surface area contributed by atoms with Crippen LogP contribution in [0.2, 0.25) is 0 Å². The van der Waals surface area contributed by atoms with Gasteiger partial charge in [0.05, 0.1) is 7.11 Å². The summed E-state index contributed by atoms with van der Waals surface area (Å²) < 4.78 is 4.51. The van der Waals surface area contributed by atoms with Crippen molar-refractivity contribution in [1.82, 2.24) is 0 Å². The topological polar surface area (TPSA) is 55.7 Å².